The summed E-state index contributed by atoms with van der Waals surface area (Å²) in [4.78, 5) is 3.44. The molecular weight excluding hydrogens is 518 g/mol. The molecule has 3 heterocycles. The first kappa shape index (κ1) is 28.1. The number of fused-ring (bicyclic) bond motifs is 2. The smallest absolute Gasteiger partial charge is 0.485 e. The van der Waals surface area contributed by atoms with Crippen molar-refractivity contribution in [3.05, 3.63) is 40.8 Å². The number of alkyl halides is 6. The van der Waals surface area contributed by atoms with Gasteiger partial charge in [-0.25, -0.2) is 16.8 Å². The maximum Gasteiger partial charge on any atom is 0.485 e. The van der Waals surface area contributed by atoms with E-state index in [1.807, 2.05) is 0 Å². The molecular formula is C15H16F6O6S4. The quantitative estimate of drug-likeness (QED) is 0.237. The zero-order valence-electron chi connectivity index (χ0n) is 15.6. The summed E-state index contributed by atoms with van der Waals surface area (Å²) >= 11 is 0. The topological polar surface area (TPSA) is 114 Å². The van der Waals surface area contributed by atoms with Gasteiger partial charge in [0, 0.05) is 34.3 Å². The van der Waals surface area contributed by atoms with E-state index in [1.54, 1.807) is 9.81 Å². The first-order valence-electron chi connectivity index (χ1n) is 8.02. The third-order valence-corrected chi connectivity index (χ3v) is 10.6. The monoisotopic (exact) mass is 534 g/mol. The molecule has 16 heteroatoms. The van der Waals surface area contributed by atoms with Gasteiger partial charge in [0.05, 0.1) is 0 Å². The van der Waals surface area contributed by atoms with Gasteiger partial charge in [-0.2, -0.15) is 26.3 Å². The zero-order chi connectivity index (χ0) is 24.3. The number of halogens is 6. The van der Waals surface area contributed by atoms with E-state index < -0.39 is 31.3 Å². The maximum absolute atomic E-state index is 10.7. The lowest BCUT2D eigenvalue weighted by Gasteiger charge is -2.24. The molecule has 31 heavy (non-hydrogen) atoms. The van der Waals surface area contributed by atoms with Crippen molar-refractivity contribution in [1.29, 1.82) is 0 Å². The zero-order valence-corrected chi connectivity index (χ0v) is 18.8. The van der Waals surface area contributed by atoms with Crippen LogP contribution >= 0.6 is 0 Å². The van der Waals surface area contributed by atoms with Crippen LogP contribution in [0.2, 0.25) is 0 Å². The van der Waals surface area contributed by atoms with E-state index in [1.165, 1.54) is 28.6 Å². The Morgan fingerprint density at radius 3 is 1.35 bits per heavy atom. The van der Waals surface area contributed by atoms with Gasteiger partial charge in [0.1, 0.15) is 0 Å². The Hall–Kier alpha value is -0.940. The van der Waals surface area contributed by atoms with Crippen molar-refractivity contribution in [3.63, 3.8) is 0 Å². The van der Waals surface area contributed by atoms with Gasteiger partial charge in [0.25, 0.3) is 0 Å². The highest BCUT2D eigenvalue weighted by Gasteiger charge is 2.48. The second-order valence-electron chi connectivity index (χ2n) is 5.85. The van der Waals surface area contributed by atoms with Crippen LogP contribution < -0.4 is 0 Å². The van der Waals surface area contributed by atoms with Crippen molar-refractivity contribution in [2.45, 2.75) is 17.9 Å². The van der Waals surface area contributed by atoms with Crippen molar-refractivity contribution in [2.75, 3.05) is 23.0 Å². The van der Waals surface area contributed by atoms with Crippen molar-refractivity contribution < 1.29 is 52.3 Å². The number of benzene rings is 1. The van der Waals surface area contributed by atoms with Crippen LogP contribution in [0.4, 0.5) is 26.3 Å². The van der Waals surface area contributed by atoms with Crippen LogP contribution in [0.25, 0.3) is 4.91 Å². The molecule has 3 aliphatic heterocycles. The highest BCUT2D eigenvalue weighted by atomic mass is 32.2. The molecule has 0 unspecified atom stereocenters. The van der Waals surface area contributed by atoms with Crippen LogP contribution in [0.3, 0.4) is 0 Å². The fourth-order valence-electron chi connectivity index (χ4n) is 2.41. The Morgan fingerprint density at radius 2 is 1.06 bits per heavy atom. The Bertz CT molecular complexity index is 937. The molecule has 1 aromatic carbocycles. The van der Waals surface area contributed by atoms with Crippen molar-refractivity contribution >= 4 is 46.9 Å². The molecule has 1 aromatic rings. The molecule has 1 saturated heterocycles. The number of rotatable bonds is 1. The Labute approximate surface area is 180 Å². The van der Waals surface area contributed by atoms with E-state index in [0.29, 0.717) is 21.8 Å². The number of hydrogen-bond acceptors (Lipinski definition) is 6. The Kier molecular flexibility index (Phi) is 9.36. The highest BCUT2D eigenvalue weighted by molar-refractivity contribution is 8.13. The molecule has 0 aliphatic carbocycles. The predicted molar refractivity (Wildman–Crippen MR) is 105 cm³/mol. The van der Waals surface area contributed by atoms with Crippen molar-refractivity contribution in [3.8, 4) is 0 Å². The average molecular weight is 535 g/mol. The summed E-state index contributed by atoms with van der Waals surface area (Å²) in [5.74, 6) is 5.88. The SMILES string of the molecule is CC1=C(c2ccccc2)[S+]2CC[S+]1CC2.O=S(=O)([O-])C(F)(F)F.O=S(=O)([O-])C(F)(F)F. The van der Waals surface area contributed by atoms with E-state index >= 15 is 0 Å². The van der Waals surface area contributed by atoms with Gasteiger partial charge in [-0.05, 0) is 12.1 Å². The molecule has 0 atom stereocenters. The number of hydrogen-bond donors (Lipinski definition) is 0. The Balaban J connectivity index is 0.000000259. The molecule has 0 N–H and O–H groups in total. The van der Waals surface area contributed by atoms with E-state index in [0.717, 1.165) is 0 Å². The summed E-state index contributed by atoms with van der Waals surface area (Å²) in [6.07, 6.45) is 0. The second kappa shape index (κ2) is 10.3. The van der Waals surface area contributed by atoms with Gasteiger partial charge in [-0.3, -0.25) is 0 Å². The lowest BCUT2D eigenvalue weighted by molar-refractivity contribution is -0.0522. The molecule has 3 aliphatic rings. The molecule has 0 radical (unpaired) electrons. The first-order chi connectivity index (χ1) is 13.9. The third-order valence-electron chi connectivity index (χ3n) is 3.80. The van der Waals surface area contributed by atoms with Gasteiger partial charge in [-0.1, -0.05) is 18.2 Å². The summed E-state index contributed by atoms with van der Waals surface area (Å²) in [5.41, 5.74) is -9.80. The Morgan fingerprint density at radius 1 is 0.742 bits per heavy atom. The van der Waals surface area contributed by atoms with Crippen molar-refractivity contribution in [2.24, 2.45) is 0 Å². The molecule has 2 bridgehead atoms. The molecule has 0 spiro atoms. The largest absolute Gasteiger partial charge is 0.741 e. The van der Waals surface area contributed by atoms with Crippen molar-refractivity contribution in [1.82, 2.24) is 0 Å². The predicted octanol–water partition coefficient (Wildman–Crippen LogP) is 2.74. The van der Waals surface area contributed by atoms with Crippen LogP contribution in [0.15, 0.2) is 35.2 Å². The molecule has 0 amide bonds. The van der Waals surface area contributed by atoms with E-state index in [4.69, 9.17) is 25.9 Å². The van der Waals surface area contributed by atoms with Gasteiger partial charge in [0.2, 0.25) is 4.91 Å². The van der Waals surface area contributed by atoms with Gasteiger partial charge in [0.15, 0.2) is 48.2 Å². The summed E-state index contributed by atoms with van der Waals surface area (Å²) in [5, 5.41) is 0. The second-order valence-corrected chi connectivity index (χ2v) is 13.2. The summed E-state index contributed by atoms with van der Waals surface area (Å²) in [6, 6.07) is 11.0. The highest BCUT2D eigenvalue weighted by Crippen LogP contribution is 2.39. The molecule has 6 nitrogen and oxygen atoms in total. The fraction of sp³-hybridized carbons (Fsp3) is 0.467. The minimum Gasteiger partial charge on any atom is -0.741 e. The van der Waals surface area contributed by atoms with Gasteiger partial charge < -0.3 is 9.11 Å². The lowest BCUT2D eigenvalue weighted by Crippen LogP contribution is -2.39. The van der Waals surface area contributed by atoms with Crippen LogP contribution in [-0.4, -0.2) is 60.0 Å². The first-order valence-corrected chi connectivity index (χ1v) is 14.0. The molecule has 1 fully saturated rings. The van der Waals surface area contributed by atoms with Crippen LogP contribution in [-0.2, 0) is 42.0 Å². The average Bonchev–Trinajstić information content (AvgIpc) is 2.61. The lowest BCUT2D eigenvalue weighted by atomic mass is 10.2. The van der Waals surface area contributed by atoms with Gasteiger partial charge in [-0.15, -0.1) is 0 Å². The summed E-state index contributed by atoms with van der Waals surface area (Å²) < 4.78 is 118. The third kappa shape index (κ3) is 8.16. The van der Waals surface area contributed by atoms with E-state index in [9.17, 15) is 26.3 Å². The standard InChI is InChI=1S/C13H16S2.2CHF3O3S/c1-11-13(12-5-3-2-4-6-12)15-9-7-14(11)8-10-15;2*2-1(3,4)8(5,6)7/h2-6H,7-10H2,1H3;2*(H,5,6,7)/q+2;;/p-2. The summed E-state index contributed by atoms with van der Waals surface area (Å²) in [6.45, 7) is 2.38. The van der Waals surface area contributed by atoms with Crippen LogP contribution in [0, 0.1) is 0 Å². The summed E-state index contributed by atoms with van der Waals surface area (Å²) in [7, 11) is -11.0. The van der Waals surface area contributed by atoms with Gasteiger partial charge >= 0.3 is 11.0 Å². The minimum absolute atomic E-state index is 0.582. The molecule has 0 saturated carbocycles. The molecule has 4 rings (SSSR count). The minimum atomic E-state index is -6.09. The molecule has 178 valence electrons. The maximum atomic E-state index is 10.7. The van der Waals surface area contributed by atoms with Crippen LogP contribution in [0.5, 0.6) is 0 Å². The fourth-order valence-corrected chi connectivity index (χ4v) is 9.02. The molecule has 0 aromatic heterocycles. The van der Waals surface area contributed by atoms with E-state index in [-0.39, 0.29) is 0 Å². The number of allylic oxidation sites excluding steroid dienone is 1. The normalized spacial score (nSPS) is 21.6. The van der Waals surface area contributed by atoms with E-state index in [2.05, 4.69) is 37.3 Å². The van der Waals surface area contributed by atoms with Crippen LogP contribution in [0.1, 0.15) is 12.5 Å².